The number of likely N-dealkylation sites (tertiary alicyclic amines) is 1. The summed E-state index contributed by atoms with van der Waals surface area (Å²) >= 11 is 3.35. The minimum absolute atomic E-state index is 0.0852. The molecule has 1 amide bonds. The van der Waals surface area contributed by atoms with Crippen LogP contribution in [0.1, 0.15) is 30.8 Å². The number of fused-ring (bicyclic) bond motifs is 1. The number of rotatable bonds is 4. The fourth-order valence-corrected chi connectivity index (χ4v) is 3.99. The lowest BCUT2D eigenvalue weighted by Gasteiger charge is -2.35. The van der Waals surface area contributed by atoms with Crippen LogP contribution in [0, 0.1) is 11.8 Å². The third-order valence-corrected chi connectivity index (χ3v) is 4.84. The Morgan fingerprint density at radius 1 is 1.35 bits per heavy atom. The SMILES string of the molecule is COCCn1c(C(=O)N2CC(C)CC(C)C2)cc2oc(Br)cc21. The molecule has 0 radical (unpaired) electrons. The lowest BCUT2D eigenvalue weighted by Crippen LogP contribution is -2.43. The highest BCUT2D eigenvalue weighted by molar-refractivity contribution is 9.10. The molecule has 3 heterocycles. The number of piperidine rings is 1. The van der Waals surface area contributed by atoms with Crippen molar-refractivity contribution in [2.45, 2.75) is 26.8 Å². The van der Waals surface area contributed by atoms with Crippen molar-refractivity contribution in [3.63, 3.8) is 0 Å². The van der Waals surface area contributed by atoms with Crippen molar-refractivity contribution in [3.8, 4) is 0 Å². The third kappa shape index (κ3) is 3.33. The molecule has 1 saturated heterocycles. The molecule has 0 spiro atoms. The van der Waals surface area contributed by atoms with Gasteiger partial charge in [0.05, 0.1) is 12.1 Å². The van der Waals surface area contributed by atoms with Crippen molar-refractivity contribution in [1.29, 1.82) is 0 Å². The van der Waals surface area contributed by atoms with Gasteiger partial charge in [-0.2, -0.15) is 0 Å². The minimum Gasteiger partial charge on any atom is -0.448 e. The maximum atomic E-state index is 13.0. The van der Waals surface area contributed by atoms with Crippen molar-refractivity contribution in [1.82, 2.24) is 9.47 Å². The third-order valence-electron chi connectivity index (χ3n) is 4.45. The van der Waals surface area contributed by atoms with Crippen molar-refractivity contribution in [3.05, 3.63) is 22.5 Å². The standard InChI is InChI=1S/C17H23BrN2O3/c1-11-6-12(2)10-19(9-11)17(21)14-7-15-13(8-16(18)23-15)20(14)4-5-22-3/h7-8,11-12H,4-6,9-10H2,1-3H3. The predicted octanol–water partition coefficient (Wildman–Crippen LogP) is 3.76. The van der Waals surface area contributed by atoms with Gasteiger partial charge in [0.25, 0.3) is 5.91 Å². The van der Waals surface area contributed by atoms with Crippen molar-refractivity contribution in [2.75, 3.05) is 26.8 Å². The molecule has 1 aliphatic heterocycles. The molecule has 0 aromatic carbocycles. The van der Waals surface area contributed by atoms with Gasteiger partial charge in [-0.3, -0.25) is 4.79 Å². The highest BCUT2D eigenvalue weighted by atomic mass is 79.9. The molecule has 5 nitrogen and oxygen atoms in total. The number of aromatic nitrogens is 1. The second kappa shape index (κ2) is 6.69. The molecule has 0 saturated carbocycles. The maximum Gasteiger partial charge on any atom is 0.270 e. The summed E-state index contributed by atoms with van der Waals surface area (Å²) < 4.78 is 13.5. The molecule has 0 bridgehead atoms. The predicted molar refractivity (Wildman–Crippen MR) is 92.6 cm³/mol. The maximum absolute atomic E-state index is 13.0. The van der Waals surface area contributed by atoms with Gasteiger partial charge in [0.1, 0.15) is 5.69 Å². The molecular formula is C17H23BrN2O3. The van der Waals surface area contributed by atoms with Crippen LogP contribution in [0.4, 0.5) is 0 Å². The van der Waals surface area contributed by atoms with E-state index >= 15 is 0 Å². The van der Waals surface area contributed by atoms with Crippen LogP contribution in [0.3, 0.4) is 0 Å². The lowest BCUT2D eigenvalue weighted by molar-refractivity contribution is 0.0610. The van der Waals surface area contributed by atoms with Gasteiger partial charge in [-0.05, 0) is 34.2 Å². The van der Waals surface area contributed by atoms with Crippen molar-refractivity contribution in [2.24, 2.45) is 11.8 Å². The number of hydrogen-bond acceptors (Lipinski definition) is 3. The molecule has 2 atom stereocenters. The summed E-state index contributed by atoms with van der Waals surface area (Å²) in [6.45, 7) is 7.25. The first-order valence-corrected chi connectivity index (χ1v) is 8.85. The zero-order valence-corrected chi connectivity index (χ0v) is 15.4. The molecule has 1 fully saturated rings. The molecule has 2 unspecified atom stereocenters. The van der Waals surface area contributed by atoms with E-state index in [0.717, 1.165) is 24.2 Å². The Hall–Kier alpha value is -1.27. The van der Waals surface area contributed by atoms with E-state index in [0.29, 0.717) is 35.4 Å². The van der Waals surface area contributed by atoms with E-state index in [4.69, 9.17) is 9.15 Å². The Morgan fingerprint density at radius 3 is 2.70 bits per heavy atom. The van der Waals surface area contributed by atoms with E-state index < -0.39 is 0 Å². The number of ether oxygens (including phenoxy) is 1. The number of amides is 1. The van der Waals surface area contributed by atoms with E-state index in [-0.39, 0.29) is 5.91 Å². The van der Waals surface area contributed by atoms with Crippen LogP contribution < -0.4 is 0 Å². The van der Waals surface area contributed by atoms with Gasteiger partial charge in [-0.15, -0.1) is 0 Å². The number of halogens is 1. The fraction of sp³-hybridized carbons (Fsp3) is 0.588. The smallest absolute Gasteiger partial charge is 0.270 e. The van der Waals surface area contributed by atoms with Gasteiger partial charge in [0.2, 0.25) is 0 Å². The van der Waals surface area contributed by atoms with Crippen LogP contribution in [-0.2, 0) is 11.3 Å². The molecule has 1 aliphatic rings. The molecule has 23 heavy (non-hydrogen) atoms. The van der Waals surface area contributed by atoms with Crippen LogP contribution >= 0.6 is 15.9 Å². The second-order valence-electron chi connectivity index (χ2n) is 6.63. The van der Waals surface area contributed by atoms with Crippen molar-refractivity contribution >= 4 is 32.9 Å². The van der Waals surface area contributed by atoms with Gasteiger partial charge in [-0.1, -0.05) is 13.8 Å². The molecule has 3 rings (SSSR count). The molecule has 126 valence electrons. The molecule has 2 aromatic heterocycles. The quantitative estimate of drug-likeness (QED) is 0.808. The first-order chi connectivity index (χ1) is 11.0. The molecule has 2 aromatic rings. The Balaban J connectivity index is 1.94. The molecule has 0 aliphatic carbocycles. The molecule has 6 heteroatoms. The van der Waals surface area contributed by atoms with Crippen LogP contribution in [0.2, 0.25) is 0 Å². The topological polar surface area (TPSA) is 47.6 Å². The van der Waals surface area contributed by atoms with E-state index in [1.807, 2.05) is 21.6 Å². The highest BCUT2D eigenvalue weighted by Crippen LogP contribution is 2.29. The summed E-state index contributed by atoms with van der Waals surface area (Å²) in [6.07, 6.45) is 1.18. The Bertz CT molecular complexity index is 696. The summed E-state index contributed by atoms with van der Waals surface area (Å²) in [7, 11) is 1.67. The minimum atomic E-state index is 0.0852. The average molecular weight is 383 g/mol. The number of nitrogens with zero attached hydrogens (tertiary/aromatic N) is 2. The van der Waals surface area contributed by atoms with E-state index in [9.17, 15) is 4.79 Å². The summed E-state index contributed by atoms with van der Waals surface area (Å²) in [5, 5.41) is 0. The number of carbonyl (C=O) groups is 1. The second-order valence-corrected chi connectivity index (χ2v) is 7.41. The number of methoxy groups -OCH3 is 1. The number of carbonyl (C=O) groups excluding carboxylic acids is 1. The van der Waals surface area contributed by atoms with Crippen LogP contribution in [-0.4, -0.2) is 42.2 Å². The Kier molecular flexibility index (Phi) is 4.82. The van der Waals surface area contributed by atoms with E-state index in [2.05, 4.69) is 29.8 Å². The summed E-state index contributed by atoms with van der Waals surface area (Å²) in [5.41, 5.74) is 2.34. The summed E-state index contributed by atoms with van der Waals surface area (Å²) in [5.74, 6) is 1.17. The largest absolute Gasteiger partial charge is 0.448 e. The highest BCUT2D eigenvalue weighted by Gasteiger charge is 2.29. The van der Waals surface area contributed by atoms with Crippen LogP contribution in [0.5, 0.6) is 0 Å². The van der Waals surface area contributed by atoms with Gasteiger partial charge in [0, 0.05) is 38.9 Å². The van der Waals surface area contributed by atoms with Gasteiger partial charge in [0.15, 0.2) is 10.3 Å². The fourth-order valence-electron chi connectivity index (χ4n) is 3.60. The first-order valence-electron chi connectivity index (χ1n) is 8.06. The van der Waals surface area contributed by atoms with Gasteiger partial charge in [-0.25, -0.2) is 0 Å². The zero-order chi connectivity index (χ0) is 16.6. The Labute approximate surface area is 144 Å². The lowest BCUT2D eigenvalue weighted by atomic mass is 9.92. The molecule has 0 N–H and O–H groups in total. The van der Waals surface area contributed by atoms with E-state index in [1.165, 1.54) is 6.42 Å². The first kappa shape index (κ1) is 16.6. The van der Waals surface area contributed by atoms with Gasteiger partial charge >= 0.3 is 0 Å². The Morgan fingerprint density at radius 2 is 2.04 bits per heavy atom. The summed E-state index contributed by atoms with van der Waals surface area (Å²) in [4.78, 5) is 15.0. The normalized spacial score (nSPS) is 22.0. The van der Waals surface area contributed by atoms with Crippen molar-refractivity contribution < 1.29 is 13.9 Å². The zero-order valence-electron chi connectivity index (χ0n) is 13.8. The number of furan rings is 1. The monoisotopic (exact) mass is 382 g/mol. The van der Waals surface area contributed by atoms with Crippen LogP contribution in [0.15, 0.2) is 21.2 Å². The number of hydrogen-bond donors (Lipinski definition) is 0. The average Bonchev–Trinajstić information content (AvgIpc) is 2.99. The van der Waals surface area contributed by atoms with Gasteiger partial charge < -0.3 is 18.6 Å². The van der Waals surface area contributed by atoms with Crippen LogP contribution in [0.25, 0.3) is 11.1 Å². The summed E-state index contributed by atoms with van der Waals surface area (Å²) in [6, 6.07) is 3.76. The van der Waals surface area contributed by atoms with E-state index in [1.54, 1.807) is 7.11 Å². The molecular weight excluding hydrogens is 360 g/mol.